The zero-order valence-corrected chi connectivity index (χ0v) is 14.4. The number of amides is 1. The number of nitrogens with zero attached hydrogens (tertiary/aromatic N) is 5. The fourth-order valence-corrected chi connectivity index (χ4v) is 3.14. The summed E-state index contributed by atoms with van der Waals surface area (Å²) in [6, 6.07) is 7.72. The molecule has 128 valence electrons. The lowest BCUT2D eigenvalue weighted by molar-refractivity contribution is -0.132. The Morgan fingerprint density at radius 2 is 1.92 bits per heavy atom. The molecule has 3 rings (SSSR count). The summed E-state index contributed by atoms with van der Waals surface area (Å²) in [5.41, 5.74) is 1.04. The van der Waals surface area contributed by atoms with Crippen LogP contribution in [0.4, 0.5) is 0 Å². The van der Waals surface area contributed by atoms with Crippen LogP contribution < -0.4 is 0 Å². The summed E-state index contributed by atoms with van der Waals surface area (Å²) in [7, 11) is 0. The van der Waals surface area contributed by atoms with Crippen LogP contribution >= 0.6 is 11.6 Å². The van der Waals surface area contributed by atoms with Crippen LogP contribution in [0.3, 0.4) is 0 Å². The second-order valence-electron chi connectivity index (χ2n) is 5.97. The Labute approximate surface area is 147 Å². The lowest BCUT2D eigenvalue weighted by atomic mass is 10.1. The predicted octanol–water partition coefficient (Wildman–Crippen LogP) is 1.71. The van der Waals surface area contributed by atoms with Crippen molar-refractivity contribution in [3.05, 3.63) is 47.5 Å². The van der Waals surface area contributed by atoms with Crippen molar-refractivity contribution in [2.24, 2.45) is 0 Å². The van der Waals surface area contributed by atoms with Gasteiger partial charge in [-0.1, -0.05) is 29.8 Å². The van der Waals surface area contributed by atoms with Crippen LogP contribution in [-0.2, 0) is 17.8 Å². The summed E-state index contributed by atoms with van der Waals surface area (Å²) in [4.78, 5) is 20.6. The zero-order valence-electron chi connectivity index (χ0n) is 13.6. The molecular weight excluding hydrogens is 326 g/mol. The van der Waals surface area contributed by atoms with Crippen LogP contribution in [0.1, 0.15) is 12.0 Å². The number of halogens is 1. The number of aryl methyl sites for hydroxylation is 1. The van der Waals surface area contributed by atoms with Gasteiger partial charge < -0.3 is 4.90 Å². The maximum Gasteiger partial charge on any atom is 0.222 e. The second-order valence-corrected chi connectivity index (χ2v) is 6.38. The van der Waals surface area contributed by atoms with E-state index in [2.05, 4.69) is 15.0 Å². The number of rotatable bonds is 6. The van der Waals surface area contributed by atoms with E-state index < -0.39 is 0 Å². The maximum absolute atomic E-state index is 12.4. The molecule has 1 aromatic carbocycles. The number of aromatic nitrogens is 3. The summed E-state index contributed by atoms with van der Waals surface area (Å²) in [5.74, 6) is 0.214. The van der Waals surface area contributed by atoms with Crippen LogP contribution in [0, 0.1) is 0 Å². The van der Waals surface area contributed by atoms with Crippen molar-refractivity contribution in [2.75, 3.05) is 32.7 Å². The highest BCUT2D eigenvalue weighted by atomic mass is 35.5. The molecule has 1 aliphatic heterocycles. The minimum absolute atomic E-state index is 0.214. The Morgan fingerprint density at radius 3 is 2.62 bits per heavy atom. The molecule has 1 saturated heterocycles. The van der Waals surface area contributed by atoms with Gasteiger partial charge in [-0.15, -0.1) is 0 Å². The molecule has 0 atom stereocenters. The van der Waals surface area contributed by atoms with Crippen LogP contribution in [-0.4, -0.2) is 63.2 Å². The lowest BCUT2D eigenvalue weighted by Crippen LogP contribution is -2.49. The van der Waals surface area contributed by atoms with E-state index in [1.54, 1.807) is 12.7 Å². The van der Waals surface area contributed by atoms with Crippen molar-refractivity contribution in [3.63, 3.8) is 0 Å². The normalized spacial score (nSPS) is 15.6. The number of carbonyl (C=O) groups is 1. The van der Waals surface area contributed by atoms with E-state index in [-0.39, 0.29) is 5.91 Å². The van der Waals surface area contributed by atoms with Gasteiger partial charge in [0.15, 0.2) is 0 Å². The van der Waals surface area contributed by atoms with Gasteiger partial charge in [-0.25, -0.2) is 4.98 Å². The molecule has 1 amide bonds. The molecule has 0 spiro atoms. The van der Waals surface area contributed by atoms with E-state index in [4.69, 9.17) is 11.6 Å². The van der Waals surface area contributed by atoms with Gasteiger partial charge in [0.25, 0.3) is 0 Å². The zero-order chi connectivity index (χ0) is 16.8. The van der Waals surface area contributed by atoms with Crippen LogP contribution in [0.25, 0.3) is 0 Å². The highest BCUT2D eigenvalue weighted by Crippen LogP contribution is 2.17. The summed E-state index contributed by atoms with van der Waals surface area (Å²) in [6.07, 6.45) is 4.50. The van der Waals surface area contributed by atoms with Gasteiger partial charge >= 0.3 is 0 Å². The number of benzene rings is 1. The third-order valence-electron chi connectivity index (χ3n) is 4.40. The smallest absolute Gasteiger partial charge is 0.222 e. The number of carbonyl (C=O) groups excluding carboxylic acids is 1. The molecule has 0 N–H and O–H groups in total. The summed E-state index contributed by atoms with van der Waals surface area (Å²) in [5, 5.41) is 4.85. The van der Waals surface area contributed by atoms with E-state index in [1.165, 1.54) is 0 Å². The highest BCUT2D eigenvalue weighted by Gasteiger charge is 2.20. The standard InChI is InChI=1S/C17H22ClN5O/c18-16-4-2-1-3-15(16)5-6-17(24)22-10-7-21(8-11-22)9-12-23-14-19-13-20-23/h1-4,13-14H,5-12H2. The topological polar surface area (TPSA) is 54.3 Å². The van der Waals surface area contributed by atoms with Crippen molar-refractivity contribution in [1.29, 1.82) is 0 Å². The minimum Gasteiger partial charge on any atom is -0.340 e. The van der Waals surface area contributed by atoms with Gasteiger partial charge in [0.1, 0.15) is 12.7 Å². The first-order valence-corrected chi connectivity index (χ1v) is 8.66. The summed E-state index contributed by atoms with van der Waals surface area (Å²) < 4.78 is 1.83. The predicted molar refractivity (Wildman–Crippen MR) is 92.8 cm³/mol. The lowest BCUT2D eigenvalue weighted by Gasteiger charge is -2.34. The Hall–Kier alpha value is -1.92. The first-order chi connectivity index (χ1) is 11.7. The van der Waals surface area contributed by atoms with Gasteiger partial charge in [-0.05, 0) is 18.1 Å². The molecule has 6 nitrogen and oxygen atoms in total. The van der Waals surface area contributed by atoms with E-state index in [1.807, 2.05) is 33.8 Å². The molecule has 24 heavy (non-hydrogen) atoms. The second kappa shape index (κ2) is 8.26. The number of hydrogen-bond acceptors (Lipinski definition) is 4. The number of hydrogen-bond donors (Lipinski definition) is 0. The van der Waals surface area contributed by atoms with Gasteiger partial charge in [0, 0.05) is 44.2 Å². The van der Waals surface area contributed by atoms with Gasteiger partial charge in [0.2, 0.25) is 5.91 Å². The Bertz CT molecular complexity index is 653. The summed E-state index contributed by atoms with van der Waals surface area (Å²) >= 11 is 6.15. The van der Waals surface area contributed by atoms with Crippen molar-refractivity contribution in [3.8, 4) is 0 Å². The quantitative estimate of drug-likeness (QED) is 0.798. The van der Waals surface area contributed by atoms with Crippen LogP contribution in [0.5, 0.6) is 0 Å². The molecule has 0 bridgehead atoms. The third kappa shape index (κ3) is 4.55. The molecule has 1 aromatic heterocycles. The monoisotopic (exact) mass is 347 g/mol. The maximum atomic E-state index is 12.4. The largest absolute Gasteiger partial charge is 0.340 e. The fourth-order valence-electron chi connectivity index (χ4n) is 2.91. The van der Waals surface area contributed by atoms with Gasteiger partial charge in [0.05, 0.1) is 6.54 Å². The average Bonchev–Trinajstić information content (AvgIpc) is 3.13. The molecule has 0 unspecified atom stereocenters. The van der Waals surface area contributed by atoms with E-state index in [0.717, 1.165) is 49.9 Å². The SMILES string of the molecule is O=C(CCc1ccccc1Cl)N1CCN(CCn2cncn2)CC1. The van der Waals surface area contributed by atoms with Gasteiger partial charge in [-0.3, -0.25) is 14.4 Å². The molecule has 0 saturated carbocycles. The Morgan fingerprint density at radius 1 is 1.12 bits per heavy atom. The molecule has 1 fully saturated rings. The molecule has 1 aliphatic rings. The van der Waals surface area contributed by atoms with Crippen molar-refractivity contribution < 1.29 is 4.79 Å². The van der Waals surface area contributed by atoms with E-state index in [9.17, 15) is 4.79 Å². The van der Waals surface area contributed by atoms with Crippen molar-refractivity contribution >= 4 is 17.5 Å². The molecule has 0 aliphatic carbocycles. The first kappa shape index (κ1) is 16.9. The van der Waals surface area contributed by atoms with E-state index >= 15 is 0 Å². The molecular formula is C17H22ClN5O. The Balaban J connectivity index is 1.39. The number of piperazine rings is 1. The van der Waals surface area contributed by atoms with Gasteiger partial charge in [-0.2, -0.15) is 5.10 Å². The third-order valence-corrected chi connectivity index (χ3v) is 4.77. The highest BCUT2D eigenvalue weighted by molar-refractivity contribution is 6.31. The molecule has 2 heterocycles. The molecule has 7 heteroatoms. The van der Waals surface area contributed by atoms with Crippen molar-refractivity contribution in [1.82, 2.24) is 24.6 Å². The molecule has 0 radical (unpaired) electrons. The van der Waals surface area contributed by atoms with E-state index in [0.29, 0.717) is 12.8 Å². The van der Waals surface area contributed by atoms with Crippen molar-refractivity contribution in [2.45, 2.75) is 19.4 Å². The van der Waals surface area contributed by atoms with Crippen LogP contribution in [0.2, 0.25) is 5.02 Å². The summed E-state index contributed by atoms with van der Waals surface area (Å²) in [6.45, 7) is 5.17. The van der Waals surface area contributed by atoms with Crippen LogP contribution in [0.15, 0.2) is 36.9 Å². The Kier molecular flexibility index (Phi) is 5.82. The fraction of sp³-hybridized carbons (Fsp3) is 0.471. The first-order valence-electron chi connectivity index (χ1n) is 8.28. The average molecular weight is 348 g/mol. The molecule has 2 aromatic rings. The minimum atomic E-state index is 0.214.